The summed E-state index contributed by atoms with van der Waals surface area (Å²) in [5.74, 6) is 1.33. The van der Waals surface area contributed by atoms with E-state index < -0.39 is 11.6 Å². The van der Waals surface area contributed by atoms with Crippen LogP contribution in [-0.4, -0.2) is 60.6 Å². The fraction of sp³-hybridized carbons (Fsp3) is 0.471. The van der Waals surface area contributed by atoms with E-state index in [2.05, 4.69) is 10.6 Å². The highest BCUT2D eigenvalue weighted by molar-refractivity contribution is 7.99. The van der Waals surface area contributed by atoms with Crippen molar-refractivity contribution in [3.63, 3.8) is 0 Å². The van der Waals surface area contributed by atoms with Crippen LogP contribution in [0.4, 0.5) is 10.5 Å². The van der Waals surface area contributed by atoms with Crippen LogP contribution in [0.1, 0.15) is 13.8 Å². The summed E-state index contributed by atoms with van der Waals surface area (Å²) in [5, 5.41) is 5.39. The molecule has 1 aromatic carbocycles. The molecule has 2 N–H and O–H groups in total. The molecule has 1 saturated heterocycles. The number of carbonyl (C=O) groups excluding carboxylic acids is 3. The molecule has 0 spiro atoms. The molecule has 1 aliphatic rings. The molecule has 0 atom stereocenters. The Morgan fingerprint density at radius 1 is 1.27 bits per heavy atom. The first-order valence-corrected chi connectivity index (χ1v) is 9.17. The molecule has 0 radical (unpaired) electrons. The van der Waals surface area contributed by atoms with E-state index in [0.717, 1.165) is 0 Å². The van der Waals surface area contributed by atoms with Crippen LogP contribution in [-0.2, 0) is 9.59 Å². The Morgan fingerprint density at radius 3 is 2.58 bits per heavy atom. The molecule has 0 aromatic heterocycles. The van der Waals surface area contributed by atoms with E-state index in [-0.39, 0.29) is 24.1 Å². The van der Waals surface area contributed by atoms with Crippen LogP contribution in [0, 0.1) is 0 Å². The monoisotopic (exact) mass is 381 g/mol. The van der Waals surface area contributed by atoms with E-state index in [1.54, 1.807) is 39.2 Å². The molecule has 9 heteroatoms. The van der Waals surface area contributed by atoms with Crippen molar-refractivity contribution >= 4 is 35.3 Å². The summed E-state index contributed by atoms with van der Waals surface area (Å²) >= 11 is 1.34. The molecule has 0 bridgehead atoms. The maximum Gasteiger partial charge on any atom is 0.325 e. The minimum absolute atomic E-state index is 0.188. The van der Waals surface area contributed by atoms with Gasteiger partial charge < -0.3 is 20.1 Å². The van der Waals surface area contributed by atoms with Crippen LogP contribution in [0.2, 0.25) is 0 Å². The Balaban J connectivity index is 1.81. The van der Waals surface area contributed by atoms with Gasteiger partial charge in [-0.1, -0.05) is 0 Å². The summed E-state index contributed by atoms with van der Waals surface area (Å²) in [7, 11) is 3.06. The predicted octanol–water partition coefficient (Wildman–Crippen LogP) is 1.71. The van der Waals surface area contributed by atoms with E-state index in [4.69, 9.17) is 9.47 Å². The highest BCUT2D eigenvalue weighted by atomic mass is 32.2. The molecule has 1 fully saturated rings. The average molecular weight is 381 g/mol. The number of benzene rings is 1. The first-order chi connectivity index (χ1) is 12.3. The van der Waals surface area contributed by atoms with Crippen molar-refractivity contribution in [3.05, 3.63) is 18.2 Å². The molecule has 142 valence electrons. The third kappa shape index (κ3) is 4.60. The number of amides is 4. The van der Waals surface area contributed by atoms with Crippen LogP contribution in [0.3, 0.4) is 0 Å². The van der Waals surface area contributed by atoms with Crippen LogP contribution in [0.15, 0.2) is 18.2 Å². The topological polar surface area (TPSA) is 97.0 Å². The smallest absolute Gasteiger partial charge is 0.325 e. The Hall–Kier alpha value is -2.42. The lowest BCUT2D eigenvalue weighted by Crippen LogP contribution is -2.40. The molecule has 1 aliphatic heterocycles. The Kier molecular flexibility index (Phi) is 6.36. The van der Waals surface area contributed by atoms with Crippen molar-refractivity contribution in [1.82, 2.24) is 10.2 Å². The first kappa shape index (κ1) is 19.9. The number of methoxy groups -OCH3 is 2. The molecule has 0 saturated carbocycles. The lowest BCUT2D eigenvalue weighted by Gasteiger charge is -2.15. The number of nitrogens with zero attached hydrogens (tertiary/aromatic N) is 1. The second-order valence-electron chi connectivity index (χ2n) is 6.18. The highest BCUT2D eigenvalue weighted by Gasteiger charge is 2.43. The number of hydrogen-bond acceptors (Lipinski definition) is 6. The van der Waals surface area contributed by atoms with Gasteiger partial charge in [-0.05, 0) is 26.0 Å². The maximum atomic E-state index is 12.1. The van der Waals surface area contributed by atoms with E-state index in [1.165, 1.54) is 23.8 Å². The zero-order valence-corrected chi connectivity index (χ0v) is 16.1. The van der Waals surface area contributed by atoms with Gasteiger partial charge in [0.05, 0.1) is 25.7 Å². The summed E-state index contributed by atoms with van der Waals surface area (Å²) in [6.45, 7) is 3.58. The van der Waals surface area contributed by atoms with Crippen LogP contribution in [0.25, 0.3) is 0 Å². The molecule has 4 amide bonds. The van der Waals surface area contributed by atoms with Crippen LogP contribution >= 0.6 is 11.8 Å². The number of nitrogens with one attached hydrogen (secondary N) is 2. The van der Waals surface area contributed by atoms with Gasteiger partial charge in [0.2, 0.25) is 5.91 Å². The molecule has 1 heterocycles. The molecule has 8 nitrogen and oxygen atoms in total. The van der Waals surface area contributed by atoms with Gasteiger partial charge in [0.15, 0.2) is 0 Å². The van der Waals surface area contributed by atoms with Gasteiger partial charge in [0.1, 0.15) is 17.0 Å². The Morgan fingerprint density at radius 2 is 2.00 bits per heavy atom. The fourth-order valence-electron chi connectivity index (χ4n) is 2.44. The van der Waals surface area contributed by atoms with E-state index in [9.17, 15) is 14.4 Å². The van der Waals surface area contributed by atoms with Gasteiger partial charge in [-0.25, -0.2) is 4.79 Å². The fourth-order valence-corrected chi connectivity index (χ4v) is 3.15. The van der Waals surface area contributed by atoms with Gasteiger partial charge in [-0.2, -0.15) is 11.8 Å². The second kappa shape index (κ2) is 8.31. The largest absolute Gasteiger partial charge is 0.497 e. The number of anilines is 1. The molecule has 1 aromatic rings. The summed E-state index contributed by atoms with van der Waals surface area (Å²) in [4.78, 5) is 37.1. The lowest BCUT2D eigenvalue weighted by atomic mass is 10.1. The number of ether oxygens (including phenoxy) is 2. The number of carbonyl (C=O) groups is 3. The van der Waals surface area contributed by atoms with Gasteiger partial charge in [-0.3, -0.25) is 14.5 Å². The van der Waals surface area contributed by atoms with Crippen LogP contribution in [0.5, 0.6) is 11.5 Å². The minimum atomic E-state index is -0.873. The average Bonchev–Trinajstić information content (AvgIpc) is 2.79. The number of rotatable bonds is 8. The maximum absolute atomic E-state index is 12.1. The zero-order valence-electron chi connectivity index (χ0n) is 15.3. The van der Waals surface area contributed by atoms with E-state index in [1.807, 2.05) is 0 Å². The normalized spacial score (nSPS) is 15.6. The number of urea groups is 1. The molecular weight excluding hydrogens is 358 g/mol. The summed E-state index contributed by atoms with van der Waals surface area (Å²) < 4.78 is 10.4. The van der Waals surface area contributed by atoms with Gasteiger partial charge in [0.25, 0.3) is 5.91 Å². The van der Waals surface area contributed by atoms with Gasteiger partial charge in [-0.15, -0.1) is 0 Å². The number of hydrogen-bond donors (Lipinski definition) is 2. The summed E-state index contributed by atoms with van der Waals surface area (Å²) in [6, 6.07) is 4.73. The van der Waals surface area contributed by atoms with Crippen molar-refractivity contribution in [2.75, 3.05) is 37.6 Å². The quantitative estimate of drug-likeness (QED) is 0.526. The Bertz CT molecular complexity index is 708. The predicted molar refractivity (Wildman–Crippen MR) is 99.8 cm³/mol. The zero-order chi connectivity index (χ0) is 19.3. The van der Waals surface area contributed by atoms with E-state index in [0.29, 0.717) is 22.9 Å². The van der Waals surface area contributed by atoms with E-state index >= 15 is 0 Å². The molecule has 0 aliphatic carbocycles. The Labute approximate surface area is 156 Å². The van der Waals surface area contributed by atoms with Crippen molar-refractivity contribution in [1.29, 1.82) is 0 Å². The standard InChI is InChI=1S/C17H23N3O5S/c1-17(2)15(22)20(16(23)19-17)7-8-26-10-14(21)18-12-9-11(24-3)5-6-13(12)25-4/h5-6,9H,7-8,10H2,1-4H3,(H,18,21)(H,19,23). The SMILES string of the molecule is COc1ccc(OC)c(NC(=O)CSCCN2C(=O)NC(C)(C)C2=O)c1. The number of thioether (sulfide) groups is 1. The number of imide groups is 1. The van der Waals surface area contributed by atoms with Crippen LogP contribution < -0.4 is 20.1 Å². The van der Waals surface area contributed by atoms with Crippen molar-refractivity contribution in [2.24, 2.45) is 0 Å². The lowest BCUT2D eigenvalue weighted by molar-refractivity contribution is -0.130. The van der Waals surface area contributed by atoms with Crippen molar-refractivity contribution in [2.45, 2.75) is 19.4 Å². The van der Waals surface area contributed by atoms with Gasteiger partial charge in [0, 0.05) is 18.4 Å². The summed E-state index contributed by atoms with van der Waals surface area (Å²) in [5.41, 5.74) is -0.351. The third-order valence-corrected chi connectivity index (χ3v) is 4.76. The minimum Gasteiger partial charge on any atom is -0.497 e. The third-order valence-electron chi connectivity index (χ3n) is 3.82. The molecular formula is C17H23N3O5S. The molecule has 0 unspecified atom stereocenters. The highest BCUT2D eigenvalue weighted by Crippen LogP contribution is 2.29. The molecule has 2 rings (SSSR count). The molecule has 26 heavy (non-hydrogen) atoms. The van der Waals surface area contributed by atoms with Gasteiger partial charge >= 0.3 is 6.03 Å². The van der Waals surface area contributed by atoms with Crippen molar-refractivity contribution < 1.29 is 23.9 Å². The summed E-state index contributed by atoms with van der Waals surface area (Å²) in [6.07, 6.45) is 0. The van der Waals surface area contributed by atoms with Crippen molar-refractivity contribution in [3.8, 4) is 11.5 Å². The first-order valence-electron chi connectivity index (χ1n) is 8.02. The second-order valence-corrected chi connectivity index (χ2v) is 7.28.